The average Bonchev–Trinajstić information content (AvgIpc) is 3.22. The molecule has 2 unspecified atom stereocenters. The zero-order valence-corrected chi connectivity index (χ0v) is 15.9. The minimum atomic E-state index is -3.57. The fourth-order valence-corrected chi connectivity index (χ4v) is 4.50. The largest absolute Gasteiger partial charge is 0.478 e. The van der Waals surface area contributed by atoms with E-state index in [0.29, 0.717) is 24.3 Å². The van der Waals surface area contributed by atoms with E-state index in [-0.39, 0.29) is 30.0 Å². The zero-order valence-electron chi connectivity index (χ0n) is 14.2. The normalized spacial score (nSPS) is 22.2. The first kappa shape index (κ1) is 20.0. The Kier molecular flexibility index (Phi) is 6.31. The SMILES string of the molecule is CCOC(=O)C1Cc2cc(S(=O)(=O)N(C)C3CCNC3)ccc2O1.Cl. The van der Waals surface area contributed by atoms with Crippen molar-refractivity contribution in [1.82, 2.24) is 9.62 Å². The van der Waals surface area contributed by atoms with Crippen molar-refractivity contribution < 1.29 is 22.7 Å². The Morgan fingerprint density at radius 3 is 2.84 bits per heavy atom. The maximum Gasteiger partial charge on any atom is 0.347 e. The Bertz CT molecular complexity index is 734. The predicted octanol–water partition coefficient (Wildman–Crippen LogP) is 0.957. The lowest BCUT2D eigenvalue weighted by Crippen LogP contribution is -2.38. The number of halogens is 1. The summed E-state index contributed by atoms with van der Waals surface area (Å²) in [6, 6.07) is 4.71. The van der Waals surface area contributed by atoms with Gasteiger partial charge in [0.15, 0.2) is 6.10 Å². The van der Waals surface area contributed by atoms with Crippen LogP contribution in [0.1, 0.15) is 18.9 Å². The zero-order chi connectivity index (χ0) is 17.3. The van der Waals surface area contributed by atoms with Gasteiger partial charge in [-0.1, -0.05) is 0 Å². The number of sulfonamides is 1. The topological polar surface area (TPSA) is 84.9 Å². The third kappa shape index (κ3) is 3.92. The summed E-state index contributed by atoms with van der Waals surface area (Å²) in [4.78, 5) is 12.0. The molecular formula is C16H23ClN2O5S. The second-order valence-corrected chi connectivity index (χ2v) is 8.00. The molecule has 2 atom stereocenters. The standard InChI is InChI=1S/C16H22N2O5S.ClH/c1-3-22-16(19)15-9-11-8-13(4-5-14(11)23-15)24(20,21)18(2)12-6-7-17-10-12;/h4-5,8,12,15,17H,3,6-7,9-10H2,1-2H3;1H. The van der Waals surface area contributed by atoms with Crippen molar-refractivity contribution in [3.8, 4) is 5.75 Å². The first-order valence-electron chi connectivity index (χ1n) is 8.08. The monoisotopic (exact) mass is 390 g/mol. The second kappa shape index (κ2) is 7.90. The first-order chi connectivity index (χ1) is 11.4. The highest BCUT2D eigenvalue weighted by atomic mass is 35.5. The maximum atomic E-state index is 12.8. The average molecular weight is 391 g/mol. The van der Waals surface area contributed by atoms with Gasteiger partial charge in [-0.2, -0.15) is 4.31 Å². The molecule has 7 nitrogen and oxygen atoms in total. The summed E-state index contributed by atoms with van der Waals surface area (Å²) in [5, 5.41) is 3.17. The van der Waals surface area contributed by atoms with E-state index in [2.05, 4.69) is 5.32 Å². The van der Waals surface area contributed by atoms with Crippen molar-refractivity contribution >= 4 is 28.4 Å². The molecule has 1 aromatic carbocycles. The summed E-state index contributed by atoms with van der Waals surface area (Å²) in [6.45, 7) is 3.51. The van der Waals surface area contributed by atoms with Gasteiger partial charge in [0.2, 0.25) is 10.0 Å². The molecule has 25 heavy (non-hydrogen) atoms. The van der Waals surface area contributed by atoms with Gasteiger partial charge in [0, 0.05) is 26.1 Å². The minimum Gasteiger partial charge on any atom is -0.478 e. The van der Waals surface area contributed by atoms with Crippen LogP contribution in [-0.4, -0.2) is 57.6 Å². The Labute approximate surface area is 154 Å². The first-order valence-corrected chi connectivity index (χ1v) is 9.52. The quantitative estimate of drug-likeness (QED) is 0.754. The second-order valence-electron chi connectivity index (χ2n) is 6.00. The molecule has 140 valence electrons. The molecule has 0 radical (unpaired) electrons. The Hall–Kier alpha value is -1.35. The number of fused-ring (bicyclic) bond motifs is 1. The van der Waals surface area contributed by atoms with Crippen LogP contribution in [0.5, 0.6) is 5.75 Å². The highest BCUT2D eigenvalue weighted by Crippen LogP contribution is 2.32. The summed E-state index contributed by atoms with van der Waals surface area (Å²) >= 11 is 0. The Balaban J connectivity index is 0.00000225. The van der Waals surface area contributed by atoms with Gasteiger partial charge in [-0.15, -0.1) is 12.4 Å². The lowest BCUT2D eigenvalue weighted by atomic mass is 10.1. The van der Waals surface area contributed by atoms with E-state index in [4.69, 9.17) is 9.47 Å². The van der Waals surface area contributed by atoms with Crippen molar-refractivity contribution in [1.29, 1.82) is 0 Å². The minimum absolute atomic E-state index is 0. The van der Waals surface area contributed by atoms with Crippen LogP contribution in [0.25, 0.3) is 0 Å². The number of hydrogen-bond donors (Lipinski definition) is 1. The van der Waals surface area contributed by atoms with E-state index in [1.54, 1.807) is 26.1 Å². The number of esters is 1. The number of hydrogen-bond acceptors (Lipinski definition) is 6. The molecule has 0 bridgehead atoms. The van der Waals surface area contributed by atoms with Crippen LogP contribution in [0.4, 0.5) is 0 Å². The van der Waals surface area contributed by atoms with Crippen molar-refractivity contribution in [3.05, 3.63) is 23.8 Å². The maximum absolute atomic E-state index is 12.8. The molecule has 9 heteroatoms. The van der Waals surface area contributed by atoms with Crippen molar-refractivity contribution in [3.63, 3.8) is 0 Å². The third-order valence-corrected chi connectivity index (χ3v) is 6.39. The molecule has 2 aliphatic heterocycles. The third-order valence-electron chi connectivity index (χ3n) is 4.48. The Morgan fingerprint density at radius 1 is 1.44 bits per heavy atom. The van der Waals surface area contributed by atoms with Gasteiger partial charge >= 0.3 is 5.97 Å². The van der Waals surface area contributed by atoms with Crippen LogP contribution in [0, 0.1) is 0 Å². The number of ether oxygens (including phenoxy) is 2. The highest BCUT2D eigenvalue weighted by molar-refractivity contribution is 7.89. The van der Waals surface area contributed by atoms with Crippen LogP contribution in [0.3, 0.4) is 0 Å². The molecule has 2 heterocycles. The molecule has 0 amide bonds. The summed E-state index contributed by atoms with van der Waals surface area (Å²) in [5.41, 5.74) is 0.715. The summed E-state index contributed by atoms with van der Waals surface area (Å²) < 4.78 is 37.5. The predicted molar refractivity (Wildman–Crippen MR) is 94.7 cm³/mol. The van der Waals surface area contributed by atoms with E-state index in [0.717, 1.165) is 13.0 Å². The lowest BCUT2D eigenvalue weighted by molar-refractivity contribution is -0.150. The number of benzene rings is 1. The van der Waals surface area contributed by atoms with Gasteiger partial charge < -0.3 is 14.8 Å². The summed E-state index contributed by atoms with van der Waals surface area (Å²) in [6.07, 6.45) is 0.427. The van der Waals surface area contributed by atoms with E-state index >= 15 is 0 Å². The number of carbonyl (C=O) groups is 1. The molecule has 1 fully saturated rings. The fourth-order valence-electron chi connectivity index (χ4n) is 3.06. The molecule has 1 saturated heterocycles. The molecular weight excluding hydrogens is 368 g/mol. The van der Waals surface area contributed by atoms with Gasteiger partial charge in [0.25, 0.3) is 0 Å². The van der Waals surface area contributed by atoms with Gasteiger partial charge in [-0.25, -0.2) is 13.2 Å². The van der Waals surface area contributed by atoms with E-state index in [1.807, 2.05) is 0 Å². The molecule has 0 aromatic heterocycles. The molecule has 0 spiro atoms. The molecule has 0 aliphatic carbocycles. The van der Waals surface area contributed by atoms with E-state index < -0.39 is 22.1 Å². The smallest absolute Gasteiger partial charge is 0.347 e. The van der Waals surface area contributed by atoms with Crippen molar-refractivity contribution in [2.45, 2.75) is 36.8 Å². The molecule has 3 rings (SSSR count). The fraction of sp³-hybridized carbons (Fsp3) is 0.562. The van der Waals surface area contributed by atoms with E-state index in [9.17, 15) is 13.2 Å². The summed E-state index contributed by atoms with van der Waals surface area (Å²) in [5.74, 6) is 0.115. The summed E-state index contributed by atoms with van der Waals surface area (Å²) in [7, 11) is -1.96. The van der Waals surface area contributed by atoms with Crippen LogP contribution in [0.15, 0.2) is 23.1 Å². The van der Waals surface area contributed by atoms with Gasteiger partial charge in [-0.05, 0) is 43.7 Å². The Morgan fingerprint density at radius 2 is 2.20 bits per heavy atom. The van der Waals surface area contributed by atoms with Gasteiger partial charge in [0.1, 0.15) is 5.75 Å². The van der Waals surface area contributed by atoms with Crippen LogP contribution in [0.2, 0.25) is 0 Å². The number of likely N-dealkylation sites (N-methyl/N-ethyl adjacent to an activating group) is 1. The van der Waals surface area contributed by atoms with Gasteiger partial charge in [-0.3, -0.25) is 0 Å². The van der Waals surface area contributed by atoms with Crippen LogP contribution < -0.4 is 10.1 Å². The number of nitrogens with zero attached hydrogens (tertiary/aromatic N) is 1. The molecule has 1 N–H and O–H groups in total. The van der Waals surface area contributed by atoms with Crippen LogP contribution >= 0.6 is 12.4 Å². The van der Waals surface area contributed by atoms with Gasteiger partial charge in [0.05, 0.1) is 11.5 Å². The van der Waals surface area contributed by atoms with E-state index in [1.165, 1.54) is 10.4 Å². The van der Waals surface area contributed by atoms with Crippen molar-refractivity contribution in [2.75, 3.05) is 26.7 Å². The highest BCUT2D eigenvalue weighted by Gasteiger charge is 2.34. The number of carbonyl (C=O) groups excluding carboxylic acids is 1. The number of nitrogens with one attached hydrogen (secondary N) is 1. The molecule has 1 aromatic rings. The van der Waals surface area contributed by atoms with Crippen molar-refractivity contribution in [2.24, 2.45) is 0 Å². The van der Waals surface area contributed by atoms with Crippen LogP contribution in [-0.2, 0) is 26.0 Å². The molecule has 0 saturated carbocycles. The molecule has 2 aliphatic rings. The lowest BCUT2D eigenvalue weighted by Gasteiger charge is -2.23. The number of rotatable bonds is 5.